The van der Waals surface area contributed by atoms with Crippen molar-refractivity contribution in [3.63, 3.8) is 0 Å². The Bertz CT molecular complexity index is 788. The fourth-order valence-corrected chi connectivity index (χ4v) is 2.20. The number of amides is 1. The maximum absolute atomic E-state index is 12.0. The number of nitrogens with one attached hydrogen (secondary N) is 1. The summed E-state index contributed by atoms with van der Waals surface area (Å²) in [5, 5.41) is 2.96. The van der Waals surface area contributed by atoms with Gasteiger partial charge < -0.3 is 10.1 Å². The zero-order valence-electron chi connectivity index (χ0n) is 14.5. The van der Waals surface area contributed by atoms with Gasteiger partial charge in [0.1, 0.15) is 5.82 Å². The van der Waals surface area contributed by atoms with E-state index >= 15 is 0 Å². The Hall–Kier alpha value is -2.73. The molecule has 7 heteroatoms. The highest BCUT2D eigenvalue weighted by atomic mass is 35.5. The molecule has 26 heavy (non-hydrogen) atoms. The van der Waals surface area contributed by atoms with E-state index in [9.17, 15) is 14.4 Å². The maximum Gasteiger partial charge on any atom is 0.307 e. The summed E-state index contributed by atoms with van der Waals surface area (Å²) >= 11 is 5.72. The van der Waals surface area contributed by atoms with Crippen molar-refractivity contribution >= 4 is 35.1 Å². The number of carbonyl (C=O) groups excluding carboxylic acids is 3. The number of ether oxygens (including phenoxy) is 1. The summed E-state index contributed by atoms with van der Waals surface area (Å²) in [6.07, 6.45) is 0.317. The van der Waals surface area contributed by atoms with Gasteiger partial charge in [-0.05, 0) is 26.0 Å². The van der Waals surface area contributed by atoms with Crippen LogP contribution in [0.3, 0.4) is 0 Å². The lowest BCUT2D eigenvalue weighted by molar-refractivity contribution is -0.153. The van der Waals surface area contributed by atoms with E-state index < -0.39 is 18.0 Å². The average Bonchev–Trinajstić information content (AvgIpc) is 2.62. The van der Waals surface area contributed by atoms with E-state index in [4.69, 9.17) is 16.3 Å². The van der Waals surface area contributed by atoms with Crippen LogP contribution >= 0.6 is 11.6 Å². The summed E-state index contributed by atoms with van der Waals surface area (Å²) in [4.78, 5) is 39.8. The van der Waals surface area contributed by atoms with Gasteiger partial charge in [0.15, 0.2) is 11.9 Å². The third-order valence-corrected chi connectivity index (χ3v) is 3.81. The maximum atomic E-state index is 12.0. The predicted octanol–water partition coefficient (Wildman–Crippen LogP) is 3.58. The topological polar surface area (TPSA) is 85.4 Å². The first-order valence-electron chi connectivity index (χ1n) is 8.07. The van der Waals surface area contributed by atoms with Crippen molar-refractivity contribution in [2.75, 3.05) is 5.32 Å². The Labute approximate surface area is 156 Å². The summed E-state index contributed by atoms with van der Waals surface area (Å²) in [5.74, 6) is -0.975. The monoisotopic (exact) mass is 374 g/mol. The number of halogens is 1. The van der Waals surface area contributed by atoms with Crippen LogP contribution in [0.1, 0.15) is 35.7 Å². The van der Waals surface area contributed by atoms with Gasteiger partial charge >= 0.3 is 5.97 Å². The van der Waals surface area contributed by atoms with Crippen LogP contribution in [0, 0.1) is 6.92 Å². The number of nitrogens with zero attached hydrogens (tertiary/aromatic N) is 1. The third kappa shape index (κ3) is 5.97. The van der Waals surface area contributed by atoms with Gasteiger partial charge in [0.25, 0.3) is 5.91 Å². The van der Waals surface area contributed by atoms with Crippen LogP contribution < -0.4 is 5.32 Å². The number of rotatable bonds is 7. The van der Waals surface area contributed by atoms with E-state index in [-0.39, 0.29) is 18.6 Å². The SMILES string of the molecule is Cc1ccc(C(=O)CCC(=O)O[C@H](C)C(=O)Nc2ccc(Cl)cn2)cc1. The van der Waals surface area contributed by atoms with E-state index in [0.717, 1.165) is 5.56 Å². The van der Waals surface area contributed by atoms with Gasteiger partial charge in [-0.3, -0.25) is 14.4 Å². The number of anilines is 1. The lowest BCUT2D eigenvalue weighted by Gasteiger charge is -2.13. The van der Waals surface area contributed by atoms with Crippen LogP contribution in [-0.2, 0) is 14.3 Å². The highest BCUT2D eigenvalue weighted by molar-refractivity contribution is 6.30. The van der Waals surface area contributed by atoms with E-state index in [1.807, 2.05) is 19.1 Å². The number of benzene rings is 1. The van der Waals surface area contributed by atoms with Crippen LogP contribution in [0.5, 0.6) is 0 Å². The van der Waals surface area contributed by atoms with Gasteiger partial charge in [-0.25, -0.2) is 4.98 Å². The molecule has 0 saturated heterocycles. The quantitative estimate of drug-likeness (QED) is 0.591. The molecule has 2 rings (SSSR count). The lowest BCUT2D eigenvalue weighted by atomic mass is 10.1. The molecule has 0 bridgehead atoms. The first-order valence-corrected chi connectivity index (χ1v) is 8.44. The lowest BCUT2D eigenvalue weighted by Crippen LogP contribution is -2.30. The minimum atomic E-state index is -1.01. The normalized spacial score (nSPS) is 11.5. The minimum absolute atomic E-state index is 0.0228. The van der Waals surface area contributed by atoms with Crippen molar-refractivity contribution in [1.82, 2.24) is 4.98 Å². The number of pyridine rings is 1. The molecule has 1 amide bonds. The summed E-state index contributed by atoms with van der Waals surface area (Å²) in [6, 6.07) is 10.2. The molecule has 0 spiro atoms. The molecule has 0 saturated carbocycles. The summed E-state index contributed by atoms with van der Waals surface area (Å²) in [5.41, 5.74) is 1.60. The largest absolute Gasteiger partial charge is 0.453 e. The molecule has 136 valence electrons. The van der Waals surface area contributed by atoms with E-state index in [1.165, 1.54) is 19.2 Å². The van der Waals surface area contributed by atoms with Crippen molar-refractivity contribution in [2.24, 2.45) is 0 Å². The first-order chi connectivity index (χ1) is 12.3. The fraction of sp³-hybridized carbons (Fsp3) is 0.263. The highest BCUT2D eigenvalue weighted by Gasteiger charge is 2.19. The number of Topliss-reactive ketones (excluding diaryl/α,β-unsaturated/α-hetero) is 1. The van der Waals surface area contributed by atoms with Gasteiger partial charge in [0.05, 0.1) is 11.4 Å². The van der Waals surface area contributed by atoms with Crippen LogP contribution in [0.2, 0.25) is 5.02 Å². The Morgan fingerprint density at radius 2 is 1.81 bits per heavy atom. The first kappa shape index (κ1) is 19.6. The van der Waals surface area contributed by atoms with Crippen molar-refractivity contribution in [1.29, 1.82) is 0 Å². The molecule has 2 aromatic rings. The van der Waals surface area contributed by atoms with Gasteiger partial charge in [-0.2, -0.15) is 0 Å². The molecular weight excluding hydrogens is 356 g/mol. The minimum Gasteiger partial charge on any atom is -0.453 e. The standard InChI is InChI=1S/C19H19ClN2O4/c1-12-3-5-14(6-4-12)16(23)8-10-18(24)26-13(2)19(25)22-17-9-7-15(20)11-21-17/h3-7,9,11,13H,8,10H2,1-2H3,(H,21,22,25)/t13-/m1/s1. The van der Waals surface area contributed by atoms with E-state index in [1.54, 1.807) is 18.2 Å². The average molecular weight is 375 g/mol. The van der Waals surface area contributed by atoms with Crippen LogP contribution in [0.4, 0.5) is 5.82 Å². The second-order valence-corrected chi connectivity index (χ2v) is 6.21. The Morgan fingerprint density at radius 1 is 1.12 bits per heavy atom. The van der Waals surface area contributed by atoms with Gasteiger partial charge in [0.2, 0.25) is 0 Å². The van der Waals surface area contributed by atoms with Crippen molar-refractivity contribution in [3.05, 3.63) is 58.7 Å². The number of aromatic nitrogens is 1. The molecule has 1 aromatic carbocycles. The number of hydrogen-bond donors (Lipinski definition) is 1. The zero-order valence-corrected chi connectivity index (χ0v) is 15.2. The molecular formula is C19H19ClN2O4. The molecule has 0 radical (unpaired) electrons. The van der Waals surface area contributed by atoms with Gasteiger partial charge in [-0.1, -0.05) is 41.4 Å². The summed E-state index contributed by atoms with van der Waals surface area (Å²) in [7, 11) is 0. The van der Waals surface area contributed by atoms with E-state index in [2.05, 4.69) is 10.3 Å². The summed E-state index contributed by atoms with van der Waals surface area (Å²) < 4.78 is 5.06. The molecule has 1 aromatic heterocycles. The smallest absolute Gasteiger partial charge is 0.307 e. The Balaban J connectivity index is 1.79. The fourth-order valence-electron chi connectivity index (χ4n) is 2.09. The number of carbonyl (C=O) groups is 3. The highest BCUT2D eigenvalue weighted by Crippen LogP contribution is 2.11. The van der Waals surface area contributed by atoms with Crippen molar-refractivity contribution < 1.29 is 19.1 Å². The zero-order chi connectivity index (χ0) is 19.1. The molecule has 0 aliphatic carbocycles. The number of hydrogen-bond acceptors (Lipinski definition) is 5. The molecule has 0 unspecified atom stereocenters. The molecule has 0 aliphatic heterocycles. The summed E-state index contributed by atoms with van der Waals surface area (Å²) in [6.45, 7) is 3.38. The molecule has 1 atom stereocenters. The molecule has 6 nitrogen and oxygen atoms in total. The van der Waals surface area contributed by atoms with E-state index in [0.29, 0.717) is 16.4 Å². The number of aryl methyl sites for hydroxylation is 1. The van der Waals surface area contributed by atoms with Crippen molar-refractivity contribution in [2.45, 2.75) is 32.8 Å². The van der Waals surface area contributed by atoms with Crippen LogP contribution in [0.25, 0.3) is 0 Å². The van der Waals surface area contributed by atoms with Crippen molar-refractivity contribution in [3.8, 4) is 0 Å². The Kier molecular flexibility index (Phi) is 6.86. The molecule has 0 aliphatic rings. The van der Waals surface area contributed by atoms with Crippen LogP contribution in [0.15, 0.2) is 42.6 Å². The molecule has 1 N–H and O–H groups in total. The molecule has 0 fully saturated rings. The molecule has 1 heterocycles. The Morgan fingerprint density at radius 3 is 2.42 bits per heavy atom. The third-order valence-electron chi connectivity index (χ3n) is 3.59. The predicted molar refractivity (Wildman–Crippen MR) is 98.2 cm³/mol. The second-order valence-electron chi connectivity index (χ2n) is 5.77. The second kappa shape index (κ2) is 9.10. The van der Waals surface area contributed by atoms with Gasteiger partial charge in [-0.15, -0.1) is 0 Å². The number of ketones is 1. The van der Waals surface area contributed by atoms with Gasteiger partial charge in [0, 0.05) is 18.2 Å². The number of esters is 1. The van der Waals surface area contributed by atoms with Crippen LogP contribution in [-0.4, -0.2) is 28.7 Å².